The van der Waals surface area contributed by atoms with Crippen molar-refractivity contribution in [3.8, 4) is 0 Å². The first-order chi connectivity index (χ1) is 37.0. The second-order valence-electron chi connectivity index (χ2n) is 16.6. The molecule has 0 atom stereocenters. The van der Waals surface area contributed by atoms with Gasteiger partial charge in [-0.2, -0.15) is 9.97 Å². The lowest BCUT2D eigenvalue weighted by atomic mass is 10.1. The van der Waals surface area contributed by atoms with Gasteiger partial charge >= 0.3 is 0 Å². The highest BCUT2D eigenvalue weighted by Crippen LogP contribution is 2.29. The van der Waals surface area contributed by atoms with Gasteiger partial charge in [-0.25, -0.2) is 15.0 Å². The van der Waals surface area contributed by atoms with Crippen molar-refractivity contribution in [3.63, 3.8) is 0 Å². The van der Waals surface area contributed by atoms with Gasteiger partial charge in [-0.1, -0.05) is 0 Å². The van der Waals surface area contributed by atoms with Gasteiger partial charge in [0, 0.05) is 104 Å². The number of nitrogens with one attached hydrogen (secondary N) is 5. The number of nitrogens with zero attached hydrogens (tertiary/aromatic N) is 8. The molecule has 3 aromatic heterocycles. The molecule has 0 unspecified atom stereocenters. The molecule has 0 radical (unpaired) electrons. The molecule has 26 heteroatoms. The maximum atomic E-state index is 12.8. The third kappa shape index (κ3) is 16.3. The van der Waals surface area contributed by atoms with Crippen LogP contribution in [-0.2, 0) is 0 Å². The molecule has 0 bridgehead atoms. The van der Waals surface area contributed by atoms with Crippen molar-refractivity contribution in [2.45, 2.75) is 13.8 Å². The normalized spacial score (nSPS) is 10.5. The molecular formula is C54H47Cl3FN16O6+. The Morgan fingerprint density at radius 2 is 1.01 bits per heavy atom. The fraction of sp³-hybridized carbons (Fsp3) is 0.0370. The van der Waals surface area contributed by atoms with E-state index >= 15 is 0 Å². The molecule has 0 spiro atoms. The number of carbonyl (C=O) groups is 2. The standard InChI is InChI=1S/C27H22N8O3.C18H18N6O.C9H4ClN2O2.2ClH.FH/c1-16-14-25(34-27(28)30-16)32-19-6-8-20(9-7-19)33-26(36)17-2-4-18(5-3-17)31-24-12-13-29-23-11-10-21(35(37)38)15-22(23)24;1-11-10-16(24-18(20)21-11)22-14-6-8-15(9-7-14)23-17(25)12-2-4-13(19)5-3-12;10-8-3-4-11-9-2-1-6(12(13)14)5-7(8)9;;;/h2-15H,1H3,(H,29,31)(H,33,36)(H3,28,30,32,34);2-10H,19H2,1H3,(H,23,25)(H3,20,21,22,24);1-2,4-5H;3*1H/q;;+1;;;. The number of hydrogen-bond acceptors (Lipinski definition) is 18. The van der Waals surface area contributed by atoms with Crippen LogP contribution in [0.5, 0.6) is 0 Å². The number of nitro benzene ring substituents is 2. The fourth-order valence-electron chi connectivity index (χ4n) is 7.30. The Labute approximate surface area is 471 Å². The molecule has 11 N–H and O–H groups in total. The highest BCUT2D eigenvalue weighted by molar-refractivity contribution is 6.46. The second kappa shape index (κ2) is 27.6. The van der Waals surface area contributed by atoms with Crippen molar-refractivity contribution in [3.05, 3.63) is 223 Å². The van der Waals surface area contributed by atoms with Gasteiger partial charge in [0.15, 0.2) is 16.8 Å². The lowest BCUT2D eigenvalue weighted by molar-refractivity contribution is -0.385. The molecular weight excluding hydrogens is 1090 g/mol. The van der Waals surface area contributed by atoms with Crippen LogP contribution in [0.25, 0.3) is 15.9 Å². The number of halogens is 4. The molecule has 0 fully saturated rings. The Morgan fingerprint density at radius 1 is 0.562 bits per heavy atom. The summed E-state index contributed by atoms with van der Waals surface area (Å²) in [6.45, 7) is 3.68. The Morgan fingerprint density at radius 3 is 1.51 bits per heavy atom. The number of aromatic nitrogens is 5. The highest BCUT2D eigenvalue weighted by atomic mass is 35.5. The van der Waals surface area contributed by atoms with E-state index in [-0.39, 0.29) is 64.6 Å². The number of carbonyl (C=O) groups excluding carboxylic acids is 2. The van der Waals surface area contributed by atoms with E-state index in [0.29, 0.717) is 72.0 Å². The van der Waals surface area contributed by atoms with Gasteiger partial charge in [-0.05, 0) is 141 Å². The smallest absolute Gasteiger partial charge is 0.290 e. The summed E-state index contributed by atoms with van der Waals surface area (Å²) in [7, 11) is 0. The zero-order chi connectivity index (χ0) is 54.6. The van der Waals surface area contributed by atoms with Crippen molar-refractivity contribution >= 4 is 139 Å². The number of aryl methyl sites for hydroxylation is 2. The number of amides is 2. The number of anilines is 11. The Kier molecular flexibility index (Phi) is 20.8. The number of rotatable bonds is 12. The van der Waals surface area contributed by atoms with Crippen molar-refractivity contribution in [1.82, 2.24) is 24.9 Å². The molecule has 2 amide bonds. The quantitative estimate of drug-likeness (QED) is 0.0244. The van der Waals surface area contributed by atoms with Crippen LogP contribution in [0.15, 0.2) is 169 Å². The Hall–Kier alpha value is -10.5. The van der Waals surface area contributed by atoms with E-state index < -0.39 is 9.85 Å². The minimum atomic E-state index is -0.469. The molecule has 0 saturated carbocycles. The van der Waals surface area contributed by atoms with Crippen LogP contribution in [0.2, 0.25) is 0 Å². The van der Waals surface area contributed by atoms with E-state index in [4.69, 9.17) is 28.8 Å². The number of nitrogen functional groups attached to an aromatic ring is 3. The molecule has 1 aliphatic heterocycles. The maximum Gasteiger partial charge on any atom is 0.290 e. The van der Waals surface area contributed by atoms with Gasteiger partial charge in [0.2, 0.25) is 11.9 Å². The first-order valence-electron chi connectivity index (χ1n) is 23.0. The van der Waals surface area contributed by atoms with Crippen LogP contribution in [0.4, 0.5) is 79.4 Å². The maximum absolute atomic E-state index is 12.8. The third-order valence-corrected chi connectivity index (χ3v) is 11.2. The minimum absolute atomic E-state index is 0. The summed E-state index contributed by atoms with van der Waals surface area (Å²) >= 11 is 5.82. The predicted octanol–water partition coefficient (Wildman–Crippen LogP) is 10.4. The molecule has 9 aromatic rings. The van der Waals surface area contributed by atoms with E-state index in [1.807, 2.05) is 38.1 Å². The number of fused-ring (bicyclic) bond motifs is 2. The summed E-state index contributed by atoms with van der Waals surface area (Å²) in [5, 5.41) is 39.1. The average molecular weight is 1140 g/mol. The Bertz CT molecular complexity index is 3830. The number of allylic oxidation sites excluding steroid dienone is 1. The monoisotopic (exact) mass is 1140 g/mol. The second-order valence-corrected chi connectivity index (χ2v) is 17.0. The van der Waals surface area contributed by atoms with Gasteiger partial charge in [-0.15, -0.1) is 24.8 Å². The number of benzene rings is 6. The van der Waals surface area contributed by atoms with Gasteiger partial charge in [0.25, 0.3) is 28.2 Å². The van der Waals surface area contributed by atoms with Crippen molar-refractivity contribution in [1.29, 1.82) is 0 Å². The van der Waals surface area contributed by atoms with Crippen LogP contribution in [0.3, 0.4) is 0 Å². The summed E-state index contributed by atoms with van der Waals surface area (Å²) in [5.74, 6) is 1.15. The van der Waals surface area contributed by atoms with Gasteiger partial charge < -0.3 is 43.8 Å². The molecule has 0 saturated heterocycles. The number of nitro groups is 2. The molecule has 406 valence electrons. The molecule has 1 aliphatic rings. The molecule has 0 aliphatic carbocycles. The summed E-state index contributed by atoms with van der Waals surface area (Å²) in [6, 6.07) is 42.3. The molecule has 10 rings (SSSR count). The first kappa shape index (κ1) is 60.4. The number of non-ortho nitro benzene ring substituents is 2. The van der Waals surface area contributed by atoms with Crippen LogP contribution in [0.1, 0.15) is 32.1 Å². The zero-order valence-corrected chi connectivity index (χ0v) is 44.3. The van der Waals surface area contributed by atoms with Gasteiger partial charge in [0.1, 0.15) is 23.8 Å². The third-order valence-electron chi connectivity index (χ3n) is 10.9. The summed E-state index contributed by atoms with van der Waals surface area (Å²) < 4.78 is 0. The van der Waals surface area contributed by atoms with Gasteiger partial charge in [0.05, 0.1) is 15.4 Å². The molecule has 80 heavy (non-hydrogen) atoms. The van der Waals surface area contributed by atoms with E-state index in [2.05, 4.69) is 62.6 Å². The molecule has 22 nitrogen and oxygen atoms in total. The predicted molar refractivity (Wildman–Crippen MR) is 315 cm³/mol. The fourth-order valence-corrected chi connectivity index (χ4v) is 7.50. The van der Waals surface area contributed by atoms with Crippen LogP contribution in [-0.4, -0.2) is 46.6 Å². The van der Waals surface area contributed by atoms with E-state index in [0.717, 1.165) is 28.5 Å². The number of nitrogens with two attached hydrogens (primary N) is 3. The van der Waals surface area contributed by atoms with E-state index in [1.54, 1.807) is 109 Å². The first-order valence-corrected chi connectivity index (χ1v) is 23.3. The van der Waals surface area contributed by atoms with Crippen LogP contribution >= 0.6 is 36.4 Å². The Balaban J connectivity index is 0.000000241. The summed E-state index contributed by atoms with van der Waals surface area (Å²) in [4.78, 5) is 70.3. The molecule has 4 heterocycles. The highest BCUT2D eigenvalue weighted by Gasteiger charge is 2.16. The largest absolute Gasteiger partial charge is 0.399 e. The SMILES string of the molecule is Cc1cc(Nc2ccc(NC(=O)c3ccc(N)cc3)cc2)nc(N)n1.Cc1cc(Nc2ccc(NC(=O)c3ccc(Nc4ccnc5ccc([N+](=O)[O-])cc45)cc3)cc2)nc(N)n1.Cl.Cl.F.O=[N+]([O-])c1ccc2c(c1)=C(Cl)[C+]=CN=2. The summed E-state index contributed by atoms with van der Waals surface area (Å²) in [6.07, 6.45) is 5.74. The lowest BCUT2D eigenvalue weighted by Crippen LogP contribution is -2.27. The lowest BCUT2D eigenvalue weighted by Gasteiger charge is -2.11. The minimum Gasteiger partial charge on any atom is -0.399 e. The number of pyridine rings is 1. The van der Waals surface area contributed by atoms with Gasteiger partial charge in [-0.3, -0.25) is 39.5 Å². The zero-order valence-electron chi connectivity index (χ0n) is 42.0. The van der Waals surface area contributed by atoms with Crippen molar-refractivity contribution in [2.75, 3.05) is 43.8 Å². The van der Waals surface area contributed by atoms with Crippen molar-refractivity contribution < 1.29 is 24.1 Å². The van der Waals surface area contributed by atoms with Crippen LogP contribution in [0, 0.1) is 40.2 Å². The average Bonchev–Trinajstić information content (AvgIpc) is 3.42. The topological polar surface area (TPSA) is 335 Å². The molecule has 6 aromatic carbocycles. The van der Waals surface area contributed by atoms with E-state index in [1.165, 1.54) is 30.5 Å². The van der Waals surface area contributed by atoms with Crippen LogP contribution < -0.4 is 54.4 Å². The van der Waals surface area contributed by atoms with E-state index in [9.17, 15) is 29.8 Å². The number of hydrogen-bond donors (Lipinski definition) is 8. The summed E-state index contributed by atoms with van der Waals surface area (Å²) in [5.41, 5.74) is 25.1. The van der Waals surface area contributed by atoms with Crippen molar-refractivity contribution in [2.24, 2.45) is 4.99 Å².